The highest BCUT2D eigenvalue weighted by atomic mass is 32.2. The van der Waals surface area contributed by atoms with Gasteiger partial charge in [0.1, 0.15) is 0 Å². The van der Waals surface area contributed by atoms with Crippen LogP contribution in [0.3, 0.4) is 0 Å². The van der Waals surface area contributed by atoms with Gasteiger partial charge in [-0.05, 0) is 44.6 Å². The average molecular weight is 331 g/mol. The molecule has 0 radical (unpaired) electrons. The summed E-state index contributed by atoms with van der Waals surface area (Å²) in [4.78, 5) is 14.2. The van der Waals surface area contributed by atoms with Crippen molar-refractivity contribution >= 4 is 15.9 Å². The summed E-state index contributed by atoms with van der Waals surface area (Å²) in [7, 11) is -3.12. The van der Waals surface area contributed by atoms with Gasteiger partial charge in [-0.3, -0.25) is 9.69 Å². The van der Waals surface area contributed by atoms with E-state index >= 15 is 0 Å². The molecule has 0 bridgehead atoms. The van der Waals surface area contributed by atoms with Crippen LogP contribution in [0.5, 0.6) is 0 Å². The zero-order valence-electron chi connectivity index (χ0n) is 13.8. The number of nitrogens with zero attached hydrogens (tertiary/aromatic N) is 2. The Morgan fingerprint density at radius 3 is 2.41 bits per heavy atom. The largest absolute Gasteiger partial charge is 0.352 e. The van der Waals surface area contributed by atoms with Crippen LogP contribution in [-0.4, -0.2) is 68.6 Å². The van der Waals surface area contributed by atoms with E-state index in [0.717, 1.165) is 31.7 Å². The average Bonchev–Trinajstić information content (AvgIpc) is 2.66. The molecule has 6 nitrogen and oxygen atoms in total. The fourth-order valence-corrected chi connectivity index (χ4v) is 4.19. The lowest BCUT2D eigenvalue weighted by Gasteiger charge is -2.28. The highest BCUT2D eigenvalue weighted by Crippen LogP contribution is 2.23. The summed E-state index contributed by atoms with van der Waals surface area (Å²) in [6.07, 6.45) is 6.57. The second kappa shape index (κ2) is 7.75. The molecular weight excluding hydrogens is 302 g/mol. The third-order valence-electron chi connectivity index (χ3n) is 4.76. The van der Waals surface area contributed by atoms with Crippen molar-refractivity contribution < 1.29 is 13.2 Å². The lowest BCUT2D eigenvalue weighted by atomic mass is 9.87. The zero-order valence-corrected chi connectivity index (χ0v) is 14.6. The molecule has 1 N–H and O–H groups in total. The van der Waals surface area contributed by atoms with Crippen molar-refractivity contribution in [1.82, 2.24) is 14.5 Å². The number of hydrogen-bond acceptors (Lipinski definition) is 4. The van der Waals surface area contributed by atoms with Crippen molar-refractivity contribution in [2.75, 3.05) is 39.0 Å². The second-order valence-corrected chi connectivity index (χ2v) is 8.80. The number of rotatable bonds is 4. The van der Waals surface area contributed by atoms with Crippen molar-refractivity contribution in [3.05, 3.63) is 0 Å². The molecule has 7 heteroatoms. The lowest BCUT2D eigenvalue weighted by Crippen LogP contribution is -2.44. The standard InChI is InChI=1S/C15H29N3O3S/c1-13-4-6-14(7-5-13)16-15(19)12-17-8-3-9-18(11-10-17)22(2,20)21/h13-14H,3-12H2,1-2H3,(H,16,19). The summed E-state index contributed by atoms with van der Waals surface area (Å²) in [5.74, 6) is 0.855. The smallest absolute Gasteiger partial charge is 0.234 e. The van der Waals surface area contributed by atoms with Crippen LogP contribution in [0.15, 0.2) is 0 Å². The van der Waals surface area contributed by atoms with Gasteiger partial charge in [0.15, 0.2) is 0 Å². The number of hydrogen-bond donors (Lipinski definition) is 1. The third-order valence-corrected chi connectivity index (χ3v) is 6.07. The van der Waals surface area contributed by atoms with Crippen LogP contribution in [-0.2, 0) is 14.8 Å². The molecule has 0 aromatic rings. The fourth-order valence-electron chi connectivity index (χ4n) is 3.32. The van der Waals surface area contributed by atoms with E-state index < -0.39 is 10.0 Å². The molecule has 0 spiro atoms. The van der Waals surface area contributed by atoms with Crippen LogP contribution in [0.4, 0.5) is 0 Å². The molecule has 1 heterocycles. The summed E-state index contributed by atoms with van der Waals surface area (Å²) < 4.78 is 24.7. The van der Waals surface area contributed by atoms with E-state index in [4.69, 9.17) is 0 Å². The van der Waals surface area contributed by atoms with Crippen LogP contribution in [0.1, 0.15) is 39.0 Å². The number of amides is 1. The summed E-state index contributed by atoms with van der Waals surface area (Å²) in [6, 6.07) is 0.322. The van der Waals surface area contributed by atoms with Gasteiger partial charge in [0, 0.05) is 25.7 Å². The SMILES string of the molecule is CC1CCC(NC(=O)CN2CCCN(S(C)(=O)=O)CC2)CC1. The van der Waals surface area contributed by atoms with Gasteiger partial charge >= 0.3 is 0 Å². The van der Waals surface area contributed by atoms with Crippen molar-refractivity contribution in [3.63, 3.8) is 0 Å². The summed E-state index contributed by atoms with van der Waals surface area (Å²) in [5.41, 5.74) is 0. The van der Waals surface area contributed by atoms with Gasteiger partial charge in [0.25, 0.3) is 0 Å². The molecule has 2 rings (SSSR count). The Morgan fingerprint density at radius 1 is 1.09 bits per heavy atom. The Morgan fingerprint density at radius 2 is 1.77 bits per heavy atom. The van der Waals surface area contributed by atoms with Gasteiger partial charge in [0.05, 0.1) is 12.8 Å². The van der Waals surface area contributed by atoms with Crippen LogP contribution >= 0.6 is 0 Å². The molecule has 1 aliphatic carbocycles. The predicted molar refractivity (Wildman–Crippen MR) is 87.0 cm³/mol. The molecule has 128 valence electrons. The maximum atomic E-state index is 12.2. The number of carbonyl (C=O) groups is 1. The minimum Gasteiger partial charge on any atom is -0.352 e. The molecule has 1 aliphatic heterocycles. The van der Waals surface area contributed by atoms with Gasteiger partial charge in [0.2, 0.25) is 15.9 Å². The Labute approximate surface area is 134 Å². The molecule has 0 atom stereocenters. The molecule has 1 amide bonds. The Balaban J connectivity index is 1.75. The molecule has 2 aliphatic rings. The van der Waals surface area contributed by atoms with Gasteiger partial charge < -0.3 is 5.32 Å². The zero-order chi connectivity index (χ0) is 16.2. The van der Waals surface area contributed by atoms with E-state index in [-0.39, 0.29) is 5.91 Å². The van der Waals surface area contributed by atoms with Gasteiger partial charge in [-0.2, -0.15) is 0 Å². The summed E-state index contributed by atoms with van der Waals surface area (Å²) in [5, 5.41) is 3.14. The predicted octanol–water partition coefficient (Wildman–Crippen LogP) is 0.649. The van der Waals surface area contributed by atoms with E-state index in [0.29, 0.717) is 32.2 Å². The van der Waals surface area contributed by atoms with Crippen LogP contribution in [0.25, 0.3) is 0 Å². The highest BCUT2D eigenvalue weighted by Gasteiger charge is 2.24. The minimum absolute atomic E-state index is 0.0763. The summed E-state index contributed by atoms with van der Waals surface area (Å²) in [6.45, 7) is 5.08. The maximum absolute atomic E-state index is 12.2. The number of nitrogens with one attached hydrogen (secondary N) is 1. The second-order valence-electron chi connectivity index (χ2n) is 6.82. The first-order valence-corrected chi connectivity index (χ1v) is 10.2. The van der Waals surface area contributed by atoms with E-state index in [1.165, 1.54) is 23.4 Å². The Kier molecular flexibility index (Phi) is 6.23. The first kappa shape index (κ1) is 17.7. The van der Waals surface area contributed by atoms with Gasteiger partial charge in [-0.25, -0.2) is 12.7 Å². The van der Waals surface area contributed by atoms with Crippen molar-refractivity contribution in [2.24, 2.45) is 5.92 Å². The van der Waals surface area contributed by atoms with E-state index in [9.17, 15) is 13.2 Å². The van der Waals surface area contributed by atoms with Crippen LogP contribution < -0.4 is 5.32 Å². The first-order valence-electron chi connectivity index (χ1n) is 8.31. The Bertz CT molecular complexity index is 472. The molecule has 0 aromatic carbocycles. The van der Waals surface area contributed by atoms with E-state index in [2.05, 4.69) is 17.1 Å². The van der Waals surface area contributed by atoms with Crippen molar-refractivity contribution in [3.8, 4) is 0 Å². The van der Waals surface area contributed by atoms with Crippen molar-refractivity contribution in [2.45, 2.75) is 45.1 Å². The monoisotopic (exact) mass is 331 g/mol. The topological polar surface area (TPSA) is 69.7 Å². The maximum Gasteiger partial charge on any atom is 0.234 e. The fraction of sp³-hybridized carbons (Fsp3) is 0.933. The normalized spacial score (nSPS) is 29.0. The summed E-state index contributed by atoms with van der Waals surface area (Å²) >= 11 is 0. The molecule has 1 saturated carbocycles. The first-order chi connectivity index (χ1) is 10.3. The van der Waals surface area contributed by atoms with Gasteiger partial charge in [-0.15, -0.1) is 0 Å². The van der Waals surface area contributed by atoms with E-state index in [1.54, 1.807) is 0 Å². The molecule has 1 saturated heterocycles. The minimum atomic E-state index is -3.12. The third kappa shape index (κ3) is 5.52. The van der Waals surface area contributed by atoms with Crippen LogP contribution in [0.2, 0.25) is 0 Å². The highest BCUT2D eigenvalue weighted by molar-refractivity contribution is 7.88. The quantitative estimate of drug-likeness (QED) is 0.821. The molecule has 22 heavy (non-hydrogen) atoms. The Hall–Kier alpha value is -0.660. The van der Waals surface area contributed by atoms with Crippen molar-refractivity contribution in [1.29, 1.82) is 0 Å². The molecular formula is C15H29N3O3S. The molecule has 2 fully saturated rings. The van der Waals surface area contributed by atoms with E-state index in [1.807, 2.05) is 0 Å². The van der Waals surface area contributed by atoms with Crippen LogP contribution in [0, 0.1) is 5.92 Å². The van der Waals surface area contributed by atoms with Gasteiger partial charge in [-0.1, -0.05) is 6.92 Å². The molecule has 0 aromatic heterocycles. The lowest BCUT2D eigenvalue weighted by molar-refractivity contribution is -0.123. The number of sulfonamides is 1. The number of carbonyl (C=O) groups excluding carboxylic acids is 1. The molecule has 0 unspecified atom stereocenters.